The van der Waals surface area contributed by atoms with Crippen LogP contribution in [0.4, 0.5) is 0 Å². The molecule has 15 heavy (non-hydrogen) atoms. The largest absolute Gasteiger partial charge is 0.352 e. The monoisotopic (exact) mass is 279 g/mol. The van der Waals surface area contributed by atoms with Gasteiger partial charge < -0.3 is 14.8 Å². The summed E-state index contributed by atoms with van der Waals surface area (Å²) < 4.78 is 10.9. The molecule has 0 radical (unpaired) electrons. The SMILES string of the molecule is CCC(Br)C(=O)NCC1COC(C)(C)O1. The summed E-state index contributed by atoms with van der Waals surface area (Å²) >= 11 is 3.29. The molecule has 0 aromatic rings. The second-order valence-corrected chi connectivity index (χ2v) is 5.18. The Morgan fingerprint density at radius 2 is 2.33 bits per heavy atom. The zero-order valence-electron chi connectivity index (χ0n) is 9.38. The summed E-state index contributed by atoms with van der Waals surface area (Å²) in [6, 6.07) is 0. The third kappa shape index (κ3) is 4.09. The van der Waals surface area contributed by atoms with Crippen LogP contribution in [0.3, 0.4) is 0 Å². The molecular weight excluding hydrogens is 262 g/mol. The van der Waals surface area contributed by atoms with Crippen LogP contribution >= 0.6 is 15.9 Å². The first-order valence-corrected chi connectivity index (χ1v) is 6.09. The van der Waals surface area contributed by atoms with Gasteiger partial charge in [-0.1, -0.05) is 22.9 Å². The number of halogens is 1. The van der Waals surface area contributed by atoms with E-state index in [-0.39, 0.29) is 16.8 Å². The number of rotatable bonds is 4. The number of ether oxygens (including phenoxy) is 2. The quantitative estimate of drug-likeness (QED) is 0.792. The molecule has 1 heterocycles. The molecule has 0 bridgehead atoms. The Balaban J connectivity index is 2.24. The molecule has 4 nitrogen and oxygen atoms in total. The molecular formula is C10H18BrNO3. The number of nitrogens with one attached hydrogen (secondary N) is 1. The smallest absolute Gasteiger partial charge is 0.233 e. The van der Waals surface area contributed by atoms with Gasteiger partial charge in [-0.15, -0.1) is 0 Å². The van der Waals surface area contributed by atoms with Crippen LogP contribution in [-0.2, 0) is 14.3 Å². The topological polar surface area (TPSA) is 47.6 Å². The van der Waals surface area contributed by atoms with Crippen molar-refractivity contribution in [2.24, 2.45) is 0 Å². The molecule has 1 aliphatic rings. The lowest BCUT2D eigenvalue weighted by Crippen LogP contribution is -2.38. The zero-order chi connectivity index (χ0) is 11.5. The van der Waals surface area contributed by atoms with Crippen molar-refractivity contribution in [1.29, 1.82) is 0 Å². The van der Waals surface area contributed by atoms with Gasteiger partial charge in [0, 0.05) is 6.54 Å². The molecule has 1 fully saturated rings. The average Bonchev–Trinajstić information content (AvgIpc) is 2.53. The van der Waals surface area contributed by atoms with Gasteiger partial charge in [0.25, 0.3) is 0 Å². The van der Waals surface area contributed by atoms with Gasteiger partial charge in [-0.3, -0.25) is 4.79 Å². The van der Waals surface area contributed by atoms with Crippen LogP contribution in [0.5, 0.6) is 0 Å². The molecule has 0 spiro atoms. The minimum Gasteiger partial charge on any atom is -0.352 e. The second-order valence-electron chi connectivity index (χ2n) is 4.07. The Bertz CT molecular complexity index is 233. The lowest BCUT2D eigenvalue weighted by atomic mass is 10.3. The molecule has 1 rings (SSSR count). The second kappa shape index (κ2) is 5.27. The highest BCUT2D eigenvalue weighted by atomic mass is 79.9. The number of hydrogen-bond donors (Lipinski definition) is 1. The van der Waals surface area contributed by atoms with Crippen LogP contribution in [0, 0.1) is 0 Å². The first-order chi connectivity index (χ1) is 6.94. The lowest BCUT2D eigenvalue weighted by molar-refractivity contribution is -0.139. The number of carbonyl (C=O) groups excluding carboxylic acids is 1. The van der Waals surface area contributed by atoms with E-state index in [1.807, 2.05) is 20.8 Å². The van der Waals surface area contributed by atoms with Gasteiger partial charge in [0.1, 0.15) is 6.10 Å². The summed E-state index contributed by atoms with van der Waals surface area (Å²) in [6.07, 6.45) is 0.736. The van der Waals surface area contributed by atoms with Crippen molar-refractivity contribution >= 4 is 21.8 Å². The van der Waals surface area contributed by atoms with Gasteiger partial charge in [0.2, 0.25) is 5.91 Å². The minimum atomic E-state index is -0.520. The Kier molecular flexibility index (Phi) is 4.55. The highest BCUT2D eigenvalue weighted by Gasteiger charge is 2.32. The summed E-state index contributed by atoms with van der Waals surface area (Å²) in [5.74, 6) is -0.515. The summed E-state index contributed by atoms with van der Waals surface area (Å²) in [7, 11) is 0. The van der Waals surface area contributed by atoms with Gasteiger partial charge in [0.05, 0.1) is 11.4 Å². The van der Waals surface area contributed by atoms with Crippen molar-refractivity contribution in [3.8, 4) is 0 Å². The van der Waals surface area contributed by atoms with Crippen LogP contribution in [0.1, 0.15) is 27.2 Å². The van der Waals surface area contributed by atoms with Gasteiger partial charge in [0.15, 0.2) is 5.79 Å². The van der Waals surface area contributed by atoms with Crippen LogP contribution in [0.2, 0.25) is 0 Å². The van der Waals surface area contributed by atoms with Crippen molar-refractivity contribution in [2.45, 2.75) is 43.9 Å². The van der Waals surface area contributed by atoms with E-state index in [1.54, 1.807) is 0 Å². The Hall–Kier alpha value is -0.130. The third-order valence-electron chi connectivity index (χ3n) is 2.21. The van der Waals surface area contributed by atoms with E-state index < -0.39 is 5.79 Å². The third-order valence-corrected chi connectivity index (χ3v) is 3.28. The first kappa shape index (κ1) is 12.9. The fourth-order valence-corrected chi connectivity index (χ4v) is 1.54. The maximum Gasteiger partial charge on any atom is 0.233 e. The number of hydrogen-bond acceptors (Lipinski definition) is 3. The van der Waals surface area contributed by atoms with E-state index in [1.165, 1.54) is 0 Å². The van der Waals surface area contributed by atoms with Gasteiger partial charge in [-0.25, -0.2) is 0 Å². The molecule has 0 aromatic heterocycles. The van der Waals surface area contributed by atoms with E-state index in [2.05, 4.69) is 21.2 Å². The van der Waals surface area contributed by atoms with Crippen molar-refractivity contribution < 1.29 is 14.3 Å². The van der Waals surface area contributed by atoms with Gasteiger partial charge >= 0.3 is 0 Å². The number of alkyl halides is 1. The summed E-state index contributed by atoms with van der Waals surface area (Å²) in [4.78, 5) is 11.3. The maximum atomic E-state index is 11.4. The number of amides is 1. The minimum absolute atomic E-state index is 0.00538. The molecule has 5 heteroatoms. The fourth-order valence-electron chi connectivity index (χ4n) is 1.37. The molecule has 88 valence electrons. The summed E-state index contributed by atoms with van der Waals surface area (Å²) in [5, 5.41) is 2.82. The molecule has 2 unspecified atom stereocenters. The molecule has 0 aliphatic carbocycles. The van der Waals surface area contributed by atoms with Crippen molar-refractivity contribution in [1.82, 2.24) is 5.32 Å². The Morgan fingerprint density at radius 3 is 2.80 bits per heavy atom. The first-order valence-electron chi connectivity index (χ1n) is 5.18. The van der Waals surface area contributed by atoms with Crippen LogP contribution in [-0.4, -0.2) is 35.8 Å². The standard InChI is InChI=1S/C10H18BrNO3/c1-4-8(11)9(13)12-5-7-6-14-10(2,3)15-7/h7-8H,4-6H2,1-3H3,(H,12,13). The van der Waals surface area contributed by atoms with E-state index in [9.17, 15) is 4.79 Å². The number of carbonyl (C=O) groups is 1. The molecule has 2 atom stereocenters. The van der Waals surface area contributed by atoms with E-state index >= 15 is 0 Å². The van der Waals surface area contributed by atoms with Gasteiger partial charge in [-0.2, -0.15) is 0 Å². The molecule has 0 saturated carbocycles. The normalized spacial score (nSPS) is 26.3. The maximum absolute atomic E-state index is 11.4. The van der Waals surface area contributed by atoms with Gasteiger partial charge in [-0.05, 0) is 20.3 Å². The summed E-state index contributed by atoms with van der Waals surface area (Å²) in [6.45, 7) is 6.73. The van der Waals surface area contributed by atoms with Crippen molar-refractivity contribution in [3.05, 3.63) is 0 Å². The zero-order valence-corrected chi connectivity index (χ0v) is 11.0. The van der Waals surface area contributed by atoms with Crippen LogP contribution in [0.15, 0.2) is 0 Å². The average molecular weight is 280 g/mol. The van der Waals surface area contributed by atoms with Crippen molar-refractivity contribution in [2.75, 3.05) is 13.2 Å². The molecule has 1 saturated heterocycles. The van der Waals surface area contributed by atoms with Crippen LogP contribution in [0.25, 0.3) is 0 Å². The van der Waals surface area contributed by atoms with E-state index in [4.69, 9.17) is 9.47 Å². The molecule has 1 N–H and O–H groups in total. The predicted molar refractivity (Wildman–Crippen MR) is 60.9 cm³/mol. The fraction of sp³-hybridized carbons (Fsp3) is 0.900. The van der Waals surface area contributed by atoms with E-state index in [0.29, 0.717) is 13.2 Å². The van der Waals surface area contributed by atoms with Crippen molar-refractivity contribution in [3.63, 3.8) is 0 Å². The summed E-state index contributed by atoms with van der Waals surface area (Å²) in [5.41, 5.74) is 0. The lowest BCUT2D eigenvalue weighted by Gasteiger charge is -2.17. The van der Waals surface area contributed by atoms with Crippen LogP contribution < -0.4 is 5.32 Å². The molecule has 0 aromatic carbocycles. The van der Waals surface area contributed by atoms with E-state index in [0.717, 1.165) is 6.42 Å². The highest BCUT2D eigenvalue weighted by molar-refractivity contribution is 9.10. The Labute approximate surface area is 98.8 Å². The molecule has 1 amide bonds. The Morgan fingerprint density at radius 1 is 1.67 bits per heavy atom. The highest BCUT2D eigenvalue weighted by Crippen LogP contribution is 2.21. The predicted octanol–water partition coefficient (Wildman–Crippen LogP) is 1.43. The molecule has 1 aliphatic heterocycles.